The van der Waals surface area contributed by atoms with Crippen LogP contribution in [0.5, 0.6) is 11.5 Å². The number of methoxy groups -OCH3 is 1. The molecule has 0 bridgehead atoms. The van der Waals surface area contributed by atoms with Gasteiger partial charge in [0.05, 0.1) is 12.8 Å². The fraction of sp³-hybridized carbons (Fsp3) is 0.174. The first-order chi connectivity index (χ1) is 13.5. The third-order valence-corrected chi connectivity index (χ3v) is 4.76. The van der Waals surface area contributed by atoms with Gasteiger partial charge in [-0.05, 0) is 55.3 Å². The SMILES string of the molecule is COc1ccc(C)cc1NC(=O)[C@H](Oc1ccc(Cl)c(C)c1)c1ccccc1. The van der Waals surface area contributed by atoms with Crippen molar-refractivity contribution < 1.29 is 14.3 Å². The Hall–Kier alpha value is -2.98. The van der Waals surface area contributed by atoms with Gasteiger partial charge in [-0.3, -0.25) is 4.79 Å². The van der Waals surface area contributed by atoms with Crippen LogP contribution in [0.3, 0.4) is 0 Å². The van der Waals surface area contributed by atoms with E-state index in [2.05, 4.69) is 5.32 Å². The normalized spacial score (nSPS) is 11.6. The first-order valence-electron chi connectivity index (χ1n) is 8.91. The summed E-state index contributed by atoms with van der Waals surface area (Å²) in [6.07, 6.45) is -0.827. The molecular formula is C23H22ClNO3. The van der Waals surface area contributed by atoms with Crippen molar-refractivity contribution >= 4 is 23.2 Å². The molecule has 1 amide bonds. The predicted octanol–water partition coefficient (Wildman–Crippen LogP) is 5.72. The van der Waals surface area contributed by atoms with Crippen LogP contribution < -0.4 is 14.8 Å². The molecule has 0 saturated heterocycles. The van der Waals surface area contributed by atoms with Gasteiger partial charge in [-0.1, -0.05) is 48.0 Å². The van der Waals surface area contributed by atoms with E-state index in [0.717, 1.165) is 16.7 Å². The van der Waals surface area contributed by atoms with Gasteiger partial charge in [0.1, 0.15) is 11.5 Å². The maximum atomic E-state index is 13.1. The minimum absolute atomic E-state index is 0.289. The van der Waals surface area contributed by atoms with Crippen LogP contribution in [-0.2, 0) is 4.79 Å². The summed E-state index contributed by atoms with van der Waals surface area (Å²) >= 11 is 6.10. The maximum Gasteiger partial charge on any atom is 0.270 e. The molecule has 0 saturated carbocycles. The van der Waals surface area contributed by atoms with Crippen LogP contribution in [0.25, 0.3) is 0 Å². The Labute approximate surface area is 170 Å². The van der Waals surface area contributed by atoms with Crippen molar-refractivity contribution in [2.24, 2.45) is 0 Å². The molecule has 4 nitrogen and oxygen atoms in total. The average molecular weight is 396 g/mol. The number of carbonyl (C=O) groups excluding carboxylic acids is 1. The number of benzene rings is 3. The average Bonchev–Trinajstić information content (AvgIpc) is 2.69. The van der Waals surface area contributed by atoms with Gasteiger partial charge in [-0.2, -0.15) is 0 Å². The van der Waals surface area contributed by atoms with Crippen LogP contribution in [0, 0.1) is 13.8 Å². The molecule has 0 fully saturated rings. The molecule has 5 heteroatoms. The number of nitrogens with one attached hydrogen (secondary N) is 1. The summed E-state index contributed by atoms with van der Waals surface area (Å²) in [5, 5.41) is 3.58. The van der Waals surface area contributed by atoms with Gasteiger partial charge in [0, 0.05) is 10.6 Å². The van der Waals surface area contributed by atoms with Crippen molar-refractivity contribution in [3.63, 3.8) is 0 Å². The predicted molar refractivity (Wildman–Crippen MR) is 112 cm³/mol. The second-order valence-electron chi connectivity index (χ2n) is 6.51. The molecular weight excluding hydrogens is 374 g/mol. The van der Waals surface area contributed by atoms with Crippen molar-refractivity contribution in [2.45, 2.75) is 20.0 Å². The Bertz CT molecular complexity index is 973. The van der Waals surface area contributed by atoms with Crippen molar-refractivity contribution in [2.75, 3.05) is 12.4 Å². The number of halogens is 1. The maximum absolute atomic E-state index is 13.1. The zero-order valence-electron chi connectivity index (χ0n) is 16.0. The highest BCUT2D eigenvalue weighted by Crippen LogP contribution is 2.30. The quantitative estimate of drug-likeness (QED) is 0.580. The number of hydrogen-bond donors (Lipinski definition) is 1. The van der Waals surface area contributed by atoms with E-state index in [1.54, 1.807) is 19.2 Å². The van der Waals surface area contributed by atoms with Gasteiger partial charge in [0.2, 0.25) is 6.10 Å². The zero-order chi connectivity index (χ0) is 20.1. The van der Waals surface area contributed by atoms with Crippen LogP contribution in [0.2, 0.25) is 5.02 Å². The van der Waals surface area contributed by atoms with E-state index >= 15 is 0 Å². The first-order valence-corrected chi connectivity index (χ1v) is 9.29. The van der Waals surface area contributed by atoms with E-state index in [0.29, 0.717) is 22.2 Å². The van der Waals surface area contributed by atoms with Crippen LogP contribution in [-0.4, -0.2) is 13.0 Å². The highest BCUT2D eigenvalue weighted by atomic mass is 35.5. The first kappa shape index (κ1) is 19.8. The van der Waals surface area contributed by atoms with Crippen molar-refractivity contribution in [1.29, 1.82) is 0 Å². The summed E-state index contributed by atoms with van der Waals surface area (Å²) < 4.78 is 11.4. The summed E-state index contributed by atoms with van der Waals surface area (Å²) in [5.41, 5.74) is 3.25. The largest absolute Gasteiger partial charge is 0.495 e. The molecule has 0 radical (unpaired) electrons. The second kappa shape index (κ2) is 8.81. The smallest absolute Gasteiger partial charge is 0.270 e. The van der Waals surface area contributed by atoms with Gasteiger partial charge >= 0.3 is 0 Å². The van der Waals surface area contributed by atoms with Gasteiger partial charge in [0.15, 0.2) is 0 Å². The van der Waals surface area contributed by atoms with Crippen molar-refractivity contribution in [3.05, 3.63) is 88.4 Å². The number of carbonyl (C=O) groups is 1. The Morgan fingerprint density at radius 1 is 1.00 bits per heavy atom. The van der Waals surface area contributed by atoms with Crippen LogP contribution >= 0.6 is 11.6 Å². The number of hydrogen-bond acceptors (Lipinski definition) is 3. The van der Waals surface area contributed by atoms with E-state index < -0.39 is 6.10 Å². The monoisotopic (exact) mass is 395 g/mol. The molecule has 0 aliphatic rings. The molecule has 0 aliphatic heterocycles. The molecule has 0 aliphatic carbocycles. The molecule has 3 rings (SSSR count). The molecule has 1 atom stereocenters. The number of aryl methyl sites for hydroxylation is 2. The minimum Gasteiger partial charge on any atom is -0.495 e. The lowest BCUT2D eigenvalue weighted by Gasteiger charge is -2.20. The summed E-state index contributed by atoms with van der Waals surface area (Å²) in [5.74, 6) is 0.873. The number of amides is 1. The fourth-order valence-corrected chi connectivity index (χ4v) is 2.96. The highest BCUT2D eigenvalue weighted by molar-refractivity contribution is 6.31. The molecule has 28 heavy (non-hydrogen) atoms. The summed E-state index contributed by atoms with van der Waals surface area (Å²) in [7, 11) is 1.57. The van der Waals surface area contributed by atoms with Crippen molar-refractivity contribution in [3.8, 4) is 11.5 Å². The van der Waals surface area contributed by atoms with Crippen molar-refractivity contribution in [1.82, 2.24) is 0 Å². The lowest BCUT2D eigenvalue weighted by Crippen LogP contribution is -2.26. The summed E-state index contributed by atoms with van der Waals surface area (Å²) in [6.45, 7) is 3.85. The van der Waals surface area contributed by atoms with Gasteiger partial charge < -0.3 is 14.8 Å². The summed E-state index contributed by atoms with van der Waals surface area (Å²) in [4.78, 5) is 13.1. The van der Waals surface area contributed by atoms with E-state index in [1.165, 1.54) is 0 Å². The van der Waals surface area contributed by atoms with Gasteiger partial charge in [-0.25, -0.2) is 0 Å². The fourth-order valence-electron chi connectivity index (χ4n) is 2.85. The second-order valence-corrected chi connectivity index (χ2v) is 6.92. The Balaban J connectivity index is 1.91. The number of ether oxygens (including phenoxy) is 2. The molecule has 0 heterocycles. The van der Waals surface area contributed by atoms with E-state index in [9.17, 15) is 4.79 Å². The molecule has 0 unspecified atom stereocenters. The summed E-state index contributed by atoms with van der Waals surface area (Å²) in [6, 6.07) is 20.3. The van der Waals surface area contributed by atoms with Crippen LogP contribution in [0.15, 0.2) is 66.7 Å². The van der Waals surface area contributed by atoms with E-state index in [4.69, 9.17) is 21.1 Å². The molecule has 0 spiro atoms. The molecule has 3 aromatic carbocycles. The lowest BCUT2D eigenvalue weighted by molar-refractivity contribution is -0.123. The van der Waals surface area contributed by atoms with Gasteiger partial charge in [0.25, 0.3) is 5.91 Å². The van der Waals surface area contributed by atoms with Gasteiger partial charge in [-0.15, -0.1) is 0 Å². The molecule has 3 aromatic rings. The molecule has 144 valence electrons. The topological polar surface area (TPSA) is 47.6 Å². The number of anilines is 1. The van der Waals surface area contributed by atoms with E-state index in [-0.39, 0.29) is 5.91 Å². The van der Waals surface area contributed by atoms with Crippen LogP contribution in [0.4, 0.5) is 5.69 Å². The Kier molecular flexibility index (Phi) is 6.22. The third kappa shape index (κ3) is 4.65. The third-order valence-electron chi connectivity index (χ3n) is 4.34. The Morgan fingerprint density at radius 3 is 2.43 bits per heavy atom. The zero-order valence-corrected chi connectivity index (χ0v) is 16.8. The minimum atomic E-state index is -0.827. The highest BCUT2D eigenvalue weighted by Gasteiger charge is 2.24. The molecule has 1 N–H and O–H groups in total. The lowest BCUT2D eigenvalue weighted by atomic mass is 10.1. The van der Waals surface area contributed by atoms with E-state index in [1.807, 2.05) is 68.4 Å². The number of rotatable bonds is 6. The Morgan fingerprint density at radius 2 is 1.75 bits per heavy atom. The molecule has 0 aromatic heterocycles. The standard InChI is InChI=1S/C23H22ClNO3/c1-15-9-12-21(27-3)20(13-15)25-23(26)22(17-7-5-4-6-8-17)28-18-10-11-19(24)16(2)14-18/h4-14,22H,1-3H3,(H,25,26)/t22-/m1/s1. The van der Waals surface area contributed by atoms with Crippen LogP contribution in [0.1, 0.15) is 22.8 Å².